The Balaban J connectivity index is 2.41. The largest absolute Gasteiger partial charge is 0.456 e. The van der Waals surface area contributed by atoms with E-state index in [0.29, 0.717) is 11.5 Å². The van der Waals surface area contributed by atoms with E-state index in [1.54, 1.807) is 18.2 Å². The van der Waals surface area contributed by atoms with E-state index in [2.05, 4.69) is 15.9 Å². The van der Waals surface area contributed by atoms with Gasteiger partial charge in [0.15, 0.2) is 0 Å². The first-order valence-corrected chi connectivity index (χ1v) is 6.69. The molecule has 0 saturated heterocycles. The predicted octanol–water partition coefficient (Wildman–Crippen LogP) is 4.74. The van der Waals surface area contributed by atoms with Crippen molar-refractivity contribution in [2.45, 2.75) is 20.0 Å². The molecule has 2 aromatic carbocycles. The molecule has 0 spiro atoms. The van der Waals surface area contributed by atoms with Crippen molar-refractivity contribution < 1.29 is 14.2 Å². The van der Waals surface area contributed by atoms with Gasteiger partial charge in [0.1, 0.15) is 17.3 Å². The summed E-state index contributed by atoms with van der Waals surface area (Å²) in [6.07, 6.45) is -0.930. The predicted molar refractivity (Wildman–Crippen MR) is 76.0 cm³/mol. The summed E-state index contributed by atoms with van der Waals surface area (Å²) in [4.78, 5) is 0. The van der Waals surface area contributed by atoms with Crippen LogP contribution in [0.3, 0.4) is 0 Å². The number of aryl methyl sites for hydroxylation is 1. The fourth-order valence-electron chi connectivity index (χ4n) is 1.82. The van der Waals surface area contributed by atoms with Gasteiger partial charge in [0.2, 0.25) is 0 Å². The molecule has 1 N–H and O–H groups in total. The average molecular weight is 325 g/mol. The molecule has 0 fully saturated rings. The molecule has 0 amide bonds. The molecular weight excluding hydrogens is 311 g/mol. The van der Waals surface area contributed by atoms with Crippen LogP contribution in [-0.4, -0.2) is 5.11 Å². The molecule has 1 unspecified atom stereocenters. The molecule has 0 heterocycles. The summed E-state index contributed by atoms with van der Waals surface area (Å²) in [6.45, 7) is 3.48. The van der Waals surface area contributed by atoms with Crippen LogP contribution in [0.4, 0.5) is 4.39 Å². The van der Waals surface area contributed by atoms with Crippen molar-refractivity contribution in [3.05, 3.63) is 57.8 Å². The molecule has 0 aromatic heterocycles. The first kappa shape index (κ1) is 14.0. The lowest BCUT2D eigenvalue weighted by Crippen LogP contribution is -2.00. The summed E-state index contributed by atoms with van der Waals surface area (Å²) in [7, 11) is 0. The van der Waals surface area contributed by atoms with Crippen molar-refractivity contribution in [2.75, 3.05) is 0 Å². The molecule has 0 aliphatic heterocycles. The summed E-state index contributed by atoms with van der Waals surface area (Å²) < 4.78 is 20.2. The zero-order valence-electron chi connectivity index (χ0n) is 10.7. The van der Waals surface area contributed by atoms with Gasteiger partial charge in [-0.25, -0.2) is 4.39 Å². The third-order valence-electron chi connectivity index (χ3n) is 2.74. The zero-order chi connectivity index (χ0) is 14.0. The third-order valence-corrected chi connectivity index (χ3v) is 3.36. The Labute approximate surface area is 120 Å². The van der Waals surface area contributed by atoms with Gasteiger partial charge in [-0.3, -0.25) is 0 Å². The first-order valence-electron chi connectivity index (χ1n) is 5.89. The molecule has 2 nitrogen and oxygen atoms in total. The van der Waals surface area contributed by atoms with Gasteiger partial charge in [-0.1, -0.05) is 12.1 Å². The second-order valence-corrected chi connectivity index (χ2v) is 5.22. The zero-order valence-corrected chi connectivity index (χ0v) is 12.2. The van der Waals surface area contributed by atoms with Crippen LogP contribution in [0.15, 0.2) is 40.9 Å². The van der Waals surface area contributed by atoms with E-state index in [-0.39, 0.29) is 5.56 Å². The monoisotopic (exact) mass is 324 g/mol. The maximum Gasteiger partial charge on any atom is 0.141 e. The lowest BCUT2D eigenvalue weighted by molar-refractivity contribution is 0.190. The van der Waals surface area contributed by atoms with Crippen LogP contribution >= 0.6 is 15.9 Å². The number of halogens is 2. The van der Waals surface area contributed by atoms with E-state index in [0.717, 1.165) is 10.0 Å². The van der Waals surface area contributed by atoms with E-state index in [4.69, 9.17) is 4.74 Å². The molecule has 0 aliphatic rings. The van der Waals surface area contributed by atoms with Crippen LogP contribution in [0.5, 0.6) is 11.5 Å². The van der Waals surface area contributed by atoms with Gasteiger partial charge in [-0.2, -0.15) is 0 Å². The molecule has 0 saturated carbocycles. The Morgan fingerprint density at radius 1 is 1.21 bits per heavy atom. The van der Waals surface area contributed by atoms with E-state index in [1.165, 1.54) is 13.0 Å². The molecule has 2 aromatic rings. The number of hydrogen-bond acceptors (Lipinski definition) is 2. The number of hydrogen-bond donors (Lipinski definition) is 1. The summed E-state index contributed by atoms with van der Waals surface area (Å²) in [5, 5.41) is 9.65. The summed E-state index contributed by atoms with van der Waals surface area (Å²) in [5.74, 6) is 0.424. The van der Waals surface area contributed by atoms with Crippen LogP contribution in [0.25, 0.3) is 0 Å². The van der Waals surface area contributed by atoms with E-state index < -0.39 is 11.9 Å². The van der Waals surface area contributed by atoms with Crippen molar-refractivity contribution in [1.82, 2.24) is 0 Å². The van der Waals surface area contributed by atoms with E-state index in [9.17, 15) is 9.50 Å². The summed E-state index contributed by atoms with van der Waals surface area (Å²) in [6, 6.07) is 10.1. The minimum Gasteiger partial charge on any atom is -0.456 e. The van der Waals surface area contributed by atoms with Crippen LogP contribution in [0.2, 0.25) is 0 Å². The SMILES string of the molecule is Cc1ccc(Oc2cccc(F)c2C(C)O)c(Br)c1. The van der Waals surface area contributed by atoms with Gasteiger partial charge in [0.05, 0.1) is 16.1 Å². The van der Waals surface area contributed by atoms with Crippen molar-refractivity contribution >= 4 is 15.9 Å². The highest BCUT2D eigenvalue weighted by atomic mass is 79.9. The molecule has 2 rings (SSSR count). The standard InChI is InChI=1S/C15H14BrFO2/c1-9-6-7-13(11(16)8-9)19-14-5-3-4-12(17)15(14)10(2)18/h3-8,10,18H,1-2H3. The van der Waals surface area contributed by atoms with E-state index >= 15 is 0 Å². The number of ether oxygens (including phenoxy) is 1. The van der Waals surface area contributed by atoms with Crippen molar-refractivity contribution in [3.8, 4) is 11.5 Å². The first-order chi connectivity index (χ1) is 8.99. The maximum atomic E-state index is 13.7. The fourth-order valence-corrected chi connectivity index (χ4v) is 2.39. The average Bonchev–Trinajstić information content (AvgIpc) is 2.32. The molecule has 100 valence electrons. The Hall–Kier alpha value is -1.39. The van der Waals surface area contributed by atoms with Crippen LogP contribution in [0.1, 0.15) is 24.2 Å². The number of rotatable bonds is 3. The Morgan fingerprint density at radius 2 is 1.95 bits per heavy atom. The van der Waals surface area contributed by atoms with Crippen LogP contribution in [0, 0.1) is 12.7 Å². The van der Waals surface area contributed by atoms with Crippen LogP contribution < -0.4 is 4.74 Å². The molecule has 1 atom stereocenters. The topological polar surface area (TPSA) is 29.5 Å². The van der Waals surface area contributed by atoms with Gasteiger partial charge in [-0.05, 0) is 59.6 Å². The number of aliphatic hydroxyl groups excluding tert-OH is 1. The lowest BCUT2D eigenvalue weighted by Gasteiger charge is -2.15. The Kier molecular flexibility index (Phi) is 4.22. The Morgan fingerprint density at radius 3 is 2.58 bits per heavy atom. The second-order valence-electron chi connectivity index (χ2n) is 4.36. The van der Waals surface area contributed by atoms with Crippen molar-refractivity contribution in [3.63, 3.8) is 0 Å². The summed E-state index contributed by atoms with van der Waals surface area (Å²) in [5.41, 5.74) is 1.25. The van der Waals surface area contributed by atoms with Crippen molar-refractivity contribution in [1.29, 1.82) is 0 Å². The quantitative estimate of drug-likeness (QED) is 0.883. The molecule has 19 heavy (non-hydrogen) atoms. The minimum atomic E-state index is -0.930. The van der Waals surface area contributed by atoms with Gasteiger partial charge in [-0.15, -0.1) is 0 Å². The highest BCUT2D eigenvalue weighted by Crippen LogP contribution is 2.35. The molecule has 0 aliphatic carbocycles. The van der Waals surface area contributed by atoms with Gasteiger partial charge in [0, 0.05) is 0 Å². The molecule has 0 bridgehead atoms. The fraction of sp³-hybridized carbons (Fsp3) is 0.200. The Bertz CT molecular complexity index is 597. The van der Waals surface area contributed by atoms with Crippen molar-refractivity contribution in [2.24, 2.45) is 0 Å². The normalized spacial score (nSPS) is 12.3. The van der Waals surface area contributed by atoms with Gasteiger partial charge in [0.25, 0.3) is 0 Å². The molecule has 4 heteroatoms. The van der Waals surface area contributed by atoms with Gasteiger partial charge >= 0.3 is 0 Å². The minimum absolute atomic E-state index is 0.162. The van der Waals surface area contributed by atoms with Crippen LogP contribution in [-0.2, 0) is 0 Å². The number of benzene rings is 2. The molecular formula is C15H14BrFO2. The highest BCUT2D eigenvalue weighted by Gasteiger charge is 2.16. The van der Waals surface area contributed by atoms with Gasteiger partial charge < -0.3 is 9.84 Å². The third kappa shape index (κ3) is 3.14. The second kappa shape index (κ2) is 5.72. The molecule has 0 radical (unpaired) electrons. The maximum absolute atomic E-state index is 13.7. The van der Waals surface area contributed by atoms with E-state index in [1.807, 2.05) is 19.1 Å². The highest BCUT2D eigenvalue weighted by molar-refractivity contribution is 9.10. The summed E-state index contributed by atoms with van der Waals surface area (Å²) >= 11 is 3.40. The smallest absolute Gasteiger partial charge is 0.141 e. The number of aliphatic hydroxyl groups is 1. The lowest BCUT2D eigenvalue weighted by atomic mass is 10.1.